The molecule has 1 aromatic rings. The zero-order valence-corrected chi connectivity index (χ0v) is 10.5. The number of hydrogen-bond donors (Lipinski definition) is 0. The minimum Gasteiger partial charge on any atom is -0.748 e. The zero-order chi connectivity index (χ0) is 11.9. The first kappa shape index (κ1) is 16.3. The third-order valence-corrected chi connectivity index (χ3v) is 2.60. The van der Waals surface area contributed by atoms with Crippen molar-refractivity contribution in [3.63, 3.8) is 0 Å². The predicted octanol–water partition coefficient (Wildman–Crippen LogP) is -1.39. The number of rotatable bonds is 6. The monoisotopic (exact) mass is 248 g/mol. The fourth-order valence-electron chi connectivity index (χ4n) is 1.08. The third kappa shape index (κ3) is 9.01. The molecule has 0 unspecified atom stereocenters. The van der Waals surface area contributed by atoms with E-state index >= 15 is 0 Å². The van der Waals surface area contributed by atoms with Gasteiger partial charge in [-0.2, -0.15) is 0 Å². The molecule has 88 valence electrons. The standard InChI is InChI=1S/C11H14O4S.Li/c12-16(13,14)10-4-8-15-9-7-11-5-2-1-3-6-11;/h1-3,5-7,9H,4,8,10H2,(H,12,13,14);/q;+1/p-1. The summed E-state index contributed by atoms with van der Waals surface area (Å²) in [7, 11) is -4.12. The molecule has 0 radical (unpaired) electrons. The van der Waals surface area contributed by atoms with Gasteiger partial charge in [-0.15, -0.1) is 0 Å². The van der Waals surface area contributed by atoms with Gasteiger partial charge >= 0.3 is 18.9 Å². The van der Waals surface area contributed by atoms with Crippen molar-refractivity contribution in [3.8, 4) is 0 Å². The summed E-state index contributed by atoms with van der Waals surface area (Å²) in [4.78, 5) is 0. The molecular formula is C11H13LiO4S. The molecule has 4 nitrogen and oxygen atoms in total. The molecule has 6 heteroatoms. The van der Waals surface area contributed by atoms with Crippen LogP contribution in [0.2, 0.25) is 0 Å². The zero-order valence-electron chi connectivity index (χ0n) is 9.70. The van der Waals surface area contributed by atoms with Crippen LogP contribution in [0.15, 0.2) is 36.6 Å². The minimum atomic E-state index is -4.12. The topological polar surface area (TPSA) is 66.4 Å². The van der Waals surface area contributed by atoms with Gasteiger partial charge in [-0.25, -0.2) is 8.42 Å². The molecule has 0 saturated carbocycles. The number of benzene rings is 1. The Bertz CT molecular complexity index is 428. The first-order valence-corrected chi connectivity index (χ1v) is 6.42. The van der Waals surface area contributed by atoms with Crippen molar-refractivity contribution >= 4 is 16.2 Å². The summed E-state index contributed by atoms with van der Waals surface area (Å²) < 4.78 is 35.8. The van der Waals surface area contributed by atoms with Gasteiger partial charge < -0.3 is 9.29 Å². The summed E-state index contributed by atoms with van der Waals surface area (Å²) in [5.74, 6) is -0.383. The van der Waals surface area contributed by atoms with Gasteiger partial charge in [0.15, 0.2) is 0 Å². The summed E-state index contributed by atoms with van der Waals surface area (Å²) >= 11 is 0. The van der Waals surface area contributed by atoms with Gasteiger partial charge in [0.05, 0.1) is 23.0 Å². The minimum absolute atomic E-state index is 0. The van der Waals surface area contributed by atoms with Crippen LogP contribution in [0.25, 0.3) is 6.08 Å². The van der Waals surface area contributed by atoms with Crippen molar-refractivity contribution in [2.75, 3.05) is 12.4 Å². The first-order chi connectivity index (χ1) is 7.58. The summed E-state index contributed by atoms with van der Waals surface area (Å²) in [6.07, 6.45) is 3.48. The van der Waals surface area contributed by atoms with Crippen molar-refractivity contribution < 1.29 is 36.6 Å². The first-order valence-electron chi connectivity index (χ1n) is 4.85. The van der Waals surface area contributed by atoms with E-state index in [0.29, 0.717) is 0 Å². The van der Waals surface area contributed by atoms with Crippen molar-refractivity contribution in [3.05, 3.63) is 42.2 Å². The number of ether oxygens (including phenoxy) is 1. The van der Waals surface area contributed by atoms with Crippen LogP contribution >= 0.6 is 0 Å². The second kappa shape index (κ2) is 8.37. The van der Waals surface area contributed by atoms with Crippen LogP contribution in [0.3, 0.4) is 0 Å². The van der Waals surface area contributed by atoms with Crippen LogP contribution in [0, 0.1) is 0 Å². The molecule has 0 N–H and O–H groups in total. The van der Waals surface area contributed by atoms with Crippen LogP contribution in [0.4, 0.5) is 0 Å². The maximum absolute atomic E-state index is 10.3. The van der Waals surface area contributed by atoms with Crippen molar-refractivity contribution in [1.82, 2.24) is 0 Å². The van der Waals surface area contributed by atoms with Gasteiger partial charge in [0.2, 0.25) is 0 Å². The molecule has 17 heavy (non-hydrogen) atoms. The predicted molar refractivity (Wildman–Crippen MR) is 60.6 cm³/mol. The van der Waals surface area contributed by atoms with Crippen molar-refractivity contribution in [2.45, 2.75) is 6.42 Å². The molecule has 0 aliphatic carbocycles. The van der Waals surface area contributed by atoms with Gasteiger partial charge in [-0.05, 0) is 18.1 Å². The van der Waals surface area contributed by atoms with Crippen molar-refractivity contribution in [1.29, 1.82) is 0 Å². The van der Waals surface area contributed by atoms with Gasteiger partial charge in [-0.3, -0.25) is 0 Å². The summed E-state index contributed by atoms with van der Waals surface area (Å²) in [6.45, 7) is 0.227. The average molecular weight is 248 g/mol. The maximum atomic E-state index is 10.3. The molecule has 0 aromatic heterocycles. The Morgan fingerprint density at radius 3 is 2.47 bits per heavy atom. The molecule has 0 spiro atoms. The van der Waals surface area contributed by atoms with Gasteiger partial charge in [0, 0.05) is 5.75 Å². The van der Waals surface area contributed by atoms with E-state index in [2.05, 4.69) is 0 Å². The molecule has 1 aromatic carbocycles. The molecule has 0 aliphatic rings. The summed E-state index contributed by atoms with van der Waals surface area (Å²) in [5, 5.41) is 0. The quantitative estimate of drug-likeness (QED) is 0.269. The maximum Gasteiger partial charge on any atom is 1.00 e. The summed E-state index contributed by atoms with van der Waals surface area (Å²) in [6, 6.07) is 9.56. The molecule has 0 amide bonds. The molecule has 1 rings (SSSR count). The van der Waals surface area contributed by atoms with Crippen molar-refractivity contribution in [2.24, 2.45) is 0 Å². The normalized spacial score (nSPS) is 11.1. The molecular weight excluding hydrogens is 235 g/mol. The van der Waals surface area contributed by atoms with E-state index in [4.69, 9.17) is 4.74 Å². The second-order valence-corrected chi connectivity index (χ2v) is 4.72. The molecule has 0 saturated heterocycles. The Morgan fingerprint density at radius 2 is 1.88 bits per heavy atom. The Kier molecular flexibility index (Phi) is 8.01. The second-order valence-electron chi connectivity index (χ2n) is 3.20. The molecule has 0 bridgehead atoms. The van der Waals surface area contributed by atoms with E-state index < -0.39 is 10.1 Å². The van der Waals surface area contributed by atoms with Gasteiger partial charge in [-0.1, -0.05) is 30.3 Å². The average Bonchev–Trinajstić information content (AvgIpc) is 2.23. The van der Waals surface area contributed by atoms with E-state index in [1.54, 1.807) is 6.08 Å². The van der Waals surface area contributed by atoms with Crippen LogP contribution in [-0.2, 0) is 14.9 Å². The molecule has 0 fully saturated rings. The fourth-order valence-corrected chi connectivity index (χ4v) is 1.55. The van der Waals surface area contributed by atoms with E-state index in [0.717, 1.165) is 5.56 Å². The largest absolute Gasteiger partial charge is 1.00 e. The SMILES string of the molecule is O=S(=O)([O-])CCCOC=Cc1ccccc1.[Li+]. The van der Waals surface area contributed by atoms with Crippen LogP contribution in [0.1, 0.15) is 12.0 Å². The van der Waals surface area contributed by atoms with E-state index in [1.807, 2.05) is 30.3 Å². The van der Waals surface area contributed by atoms with Gasteiger partial charge in [0.25, 0.3) is 0 Å². The Morgan fingerprint density at radius 1 is 1.24 bits per heavy atom. The van der Waals surface area contributed by atoms with Crippen LogP contribution in [-0.4, -0.2) is 25.3 Å². The third-order valence-electron chi connectivity index (χ3n) is 1.81. The van der Waals surface area contributed by atoms with E-state index in [1.165, 1.54) is 6.26 Å². The molecule has 0 heterocycles. The Balaban J connectivity index is 0.00000256. The smallest absolute Gasteiger partial charge is 0.748 e. The van der Waals surface area contributed by atoms with E-state index in [9.17, 15) is 13.0 Å². The fraction of sp³-hybridized carbons (Fsp3) is 0.273. The number of hydrogen-bond acceptors (Lipinski definition) is 4. The van der Waals surface area contributed by atoms with Crippen LogP contribution < -0.4 is 18.9 Å². The molecule has 0 atom stereocenters. The molecule has 0 aliphatic heterocycles. The summed E-state index contributed by atoms with van der Waals surface area (Å²) in [5.41, 5.74) is 0.999. The Hall–Kier alpha value is -0.733. The van der Waals surface area contributed by atoms with Crippen LogP contribution in [0.5, 0.6) is 0 Å². The Labute approximate surface area is 114 Å². The van der Waals surface area contributed by atoms with E-state index in [-0.39, 0.29) is 37.6 Å². The van der Waals surface area contributed by atoms with Gasteiger partial charge in [0.1, 0.15) is 0 Å².